The van der Waals surface area contributed by atoms with Gasteiger partial charge >= 0.3 is 0 Å². The Kier molecular flexibility index (Phi) is 4.90. The van der Waals surface area contributed by atoms with Crippen LogP contribution in [0.4, 0.5) is 0 Å². The lowest BCUT2D eigenvalue weighted by atomic mass is 9.73. The lowest BCUT2D eigenvalue weighted by Gasteiger charge is -2.39. The maximum absolute atomic E-state index is 5.33. The van der Waals surface area contributed by atoms with Crippen LogP contribution in [-0.2, 0) is 4.74 Å². The second kappa shape index (κ2) is 5.72. The van der Waals surface area contributed by atoms with E-state index in [2.05, 4.69) is 19.2 Å². The van der Waals surface area contributed by atoms with Crippen LogP contribution in [0.1, 0.15) is 46.5 Å². The van der Waals surface area contributed by atoms with Gasteiger partial charge < -0.3 is 10.1 Å². The first-order valence-corrected chi connectivity index (χ1v) is 5.98. The van der Waals surface area contributed by atoms with E-state index in [9.17, 15) is 0 Å². The molecule has 0 bridgehead atoms. The standard InChI is InChI=1S/C12H25NO/c1-4-14-10-9-13-11-7-5-6-8-12(11,2)3/h11,13H,4-10H2,1-3H3. The van der Waals surface area contributed by atoms with E-state index in [0.717, 1.165) is 19.8 Å². The van der Waals surface area contributed by atoms with Gasteiger partial charge in [-0.25, -0.2) is 0 Å². The predicted molar refractivity (Wildman–Crippen MR) is 60.5 cm³/mol. The monoisotopic (exact) mass is 199 g/mol. The number of rotatable bonds is 5. The van der Waals surface area contributed by atoms with E-state index in [4.69, 9.17) is 4.74 Å². The first kappa shape index (κ1) is 12.0. The largest absolute Gasteiger partial charge is 0.380 e. The summed E-state index contributed by atoms with van der Waals surface area (Å²) >= 11 is 0. The van der Waals surface area contributed by atoms with Crippen LogP contribution in [0.15, 0.2) is 0 Å². The summed E-state index contributed by atoms with van der Waals surface area (Å²) in [6.45, 7) is 9.49. The molecule has 0 aliphatic heterocycles. The Hall–Kier alpha value is -0.0800. The van der Waals surface area contributed by atoms with E-state index in [-0.39, 0.29) is 0 Å². The molecule has 14 heavy (non-hydrogen) atoms. The Balaban J connectivity index is 2.20. The smallest absolute Gasteiger partial charge is 0.0590 e. The van der Waals surface area contributed by atoms with Gasteiger partial charge in [-0.3, -0.25) is 0 Å². The Morgan fingerprint density at radius 3 is 2.79 bits per heavy atom. The van der Waals surface area contributed by atoms with Gasteiger partial charge in [-0.1, -0.05) is 26.7 Å². The molecule has 1 aliphatic rings. The topological polar surface area (TPSA) is 21.3 Å². The van der Waals surface area contributed by atoms with Gasteiger partial charge in [0, 0.05) is 19.2 Å². The molecule has 0 aromatic carbocycles. The summed E-state index contributed by atoms with van der Waals surface area (Å²) in [5.74, 6) is 0. The molecule has 1 aliphatic carbocycles. The minimum Gasteiger partial charge on any atom is -0.380 e. The van der Waals surface area contributed by atoms with Gasteiger partial charge in [0.15, 0.2) is 0 Å². The first-order valence-electron chi connectivity index (χ1n) is 5.98. The second-order valence-electron chi connectivity index (χ2n) is 4.94. The fraction of sp³-hybridized carbons (Fsp3) is 1.00. The summed E-state index contributed by atoms with van der Waals surface area (Å²) in [6, 6.07) is 0.691. The first-order chi connectivity index (χ1) is 6.67. The molecule has 0 amide bonds. The van der Waals surface area contributed by atoms with Crippen molar-refractivity contribution in [1.29, 1.82) is 0 Å². The highest BCUT2D eigenvalue weighted by atomic mass is 16.5. The highest BCUT2D eigenvalue weighted by Crippen LogP contribution is 2.35. The Bertz CT molecular complexity index is 156. The molecule has 1 atom stereocenters. The van der Waals surface area contributed by atoms with E-state index in [1.54, 1.807) is 0 Å². The van der Waals surface area contributed by atoms with Gasteiger partial charge in [-0.05, 0) is 25.2 Å². The van der Waals surface area contributed by atoms with Crippen molar-refractivity contribution in [3.63, 3.8) is 0 Å². The van der Waals surface area contributed by atoms with Crippen molar-refractivity contribution in [2.45, 2.75) is 52.5 Å². The maximum atomic E-state index is 5.33. The fourth-order valence-electron chi connectivity index (χ4n) is 2.32. The minimum atomic E-state index is 0.477. The molecule has 1 N–H and O–H groups in total. The molecule has 0 heterocycles. The van der Waals surface area contributed by atoms with Gasteiger partial charge in [0.2, 0.25) is 0 Å². The van der Waals surface area contributed by atoms with E-state index >= 15 is 0 Å². The van der Waals surface area contributed by atoms with E-state index in [1.807, 2.05) is 6.92 Å². The quantitative estimate of drug-likeness (QED) is 0.687. The molecule has 1 fully saturated rings. The van der Waals surface area contributed by atoms with Crippen molar-refractivity contribution < 1.29 is 4.74 Å². The third-order valence-corrected chi connectivity index (χ3v) is 3.35. The number of ether oxygens (including phenoxy) is 1. The van der Waals surface area contributed by atoms with E-state index in [1.165, 1.54) is 25.7 Å². The molecule has 0 aromatic heterocycles. The summed E-state index contributed by atoms with van der Waals surface area (Å²) in [4.78, 5) is 0. The summed E-state index contributed by atoms with van der Waals surface area (Å²) in [7, 11) is 0. The molecular weight excluding hydrogens is 174 g/mol. The molecule has 0 radical (unpaired) electrons. The molecule has 0 spiro atoms. The zero-order valence-corrected chi connectivity index (χ0v) is 9.94. The van der Waals surface area contributed by atoms with Crippen LogP contribution < -0.4 is 5.32 Å². The van der Waals surface area contributed by atoms with Crippen LogP contribution in [-0.4, -0.2) is 25.8 Å². The SMILES string of the molecule is CCOCCNC1CCCCC1(C)C. The van der Waals surface area contributed by atoms with Crippen LogP contribution >= 0.6 is 0 Å². The lowest BCUT2D eigenvalue weighted by molar-refractivity contribution is 0.123. The van der Waals surface area contributed by atoms with Crippen LogP contribution in [0.5, 0.6) is 0 Å². The highest BCUT2D eigenvalue weighted by molar-refractivity contribution is 4.87. The van der Waals surface area contributed by atoms with Crippen molar-refractivity contribution in [1.82, 2.24) is 5.32 Å². The molecule has 2 nitrogen and oxygen atoms in total. The highest BCUT2D eigenvalue weighted by Gasteiger charge is 2.31. The summed E-state index contributed by atoms with van der Waals surface area (Å²) in [5.41, 5.74) is 0.477. The molecule has 2 heteroatoms. The maximum Gasteiger partial charge on any atom is 0.0590 e. The Morgan fingerprint density at radius 1 is 1.36 bits per heavy atom. The number of hydrogen-bond donors (Lipinski definition) is 1. The minimum absolute atomic E-state index is 0.477. The van der Waals surface area contributed by atoms with Gasteiger partial charge in [0.25, 0.3) is 0 Å². The summed E-state index contributed by atoms with van der Waals surface area (Å²) in [6.07, 6.45) is 5.48. The molecule has 1 rings (SSSR count). The second-order valence-corrected chi connectivity index (χ2v) is 4.94. The average molecular weight is 199 g/mol. The van der Waals surface area contributed by atoms with Crippen molar-refractivity contribution in [3.8, 4) is 0 Å². The van der Waals surface area contributed by atoms with Crippen molar-refractivity contribution in [2.24, 2.45) is 5.41 Å². The van der Waals surface area contributed by atoms with Gasteiger partial charge in [-0.15, -0.1) is 0 Å². The average Bonchev–Trinajstić information content (AvgIpc) is 2.14. The van der Waals surface area contributed by atoms with Crippen molar-refractivity contribution in [3.05, 3.63) is 0 Å². The normalized spacial score (nSPS) is 26.4. The van der Waals surface area contributed by atoms with Crippen LogP contribution in [0.3, 0.4) is 0 Å². The zero-order chi connectivity index (χ0) is 10.4. The van der Waals surface area contributed by atoms with E-state index < -0.39 is 0 Å². The fourth-order valence-corrected chi connectivity index (χ4v) is 2.32. The van der Waals surface area contributed by atoms with Gasteiger partial charge in [0.05, 0.1) is 6.61 Å². The van der Waals surface area contributed by atoms with Crippen LogP contribution in [0.25, 0.3) is 0 Å². The third-order valence-electron chi connectivity index (χ3n) is 3.35. The number of hydrogen-bond acceptors (Lipinski definition) is 2. The summed E-state index contributed by atoms with van der Waals surface area (Å²) in [5, 5.41) is 3.62. The zero-order valence-electron chi connectivity index (χ0n) is 9.94. The molecular formula is C12H25NO. The molecule has 1 unspecified atom stereocenters. The van der Waals surface area contributed by atoms with Crippen LogP contribution in [0, 0.1) is 5.41 Å². The van der Waals surface area contributed by atoms with Gasteiger partial charge in [-0.2, -0.15) is 0 Å². The van der Waals surface area contributed by atoms with Gasteiger partial charge in [0.1, 0.15) is 0 Å². The summed E-state index contributed by atoms with van der Waals surface area (Å²) < 4.78 is 5.33. The predicted octanol–water partition coefficient (Wildman–Crippen LogP) is 2.58. The van der Waals surface area contributed by atoms with Crippen LogP contribution in [0.2, 0.25) is 0 Å². The Morgan fingerprint density at radius 2 is 2.14 bits per heavy atom. The molecule has 0 saturated heterocycles. The van der Waals surface area contributed by atoms with Crippen molar-refractivity contribution >= 4 is 0 Å². The third kappa shape index (κ3) is 3.58. The lowest BCUT2D eigenvalue weighted by Crippen LogP contribution is -2.45. The number of nitrogens with one attached hydrogen (secondary N) is 1. The van der Waals surface area contributed by atoms with Crippen molar-refractivity contribution in [2.75, 3.05) is 19.8 Å². The van der Waals surface area contributed by atoms with E-state index in [0.29, 0.717) is 11.5 Å². The Labute approximate surface area is 88.4 Å². The molecule has 84 valence electrons. The molecule has 1 saturated carbocycles. The molecule has 0 aromatic rings.